The fraction of sp³-hybridized carbons (Fsp3) is 1.00. The van der Waals surface area contributed by atoms with Crippen molar-refractivity contribution in [3.8, 4) is 0 Å². The standard InChI is InChI=1S/C14H25F3N2O/c15-14(16,17)11-19-8-6-18(7-9-19)10-13(12-20)4-2-1-3-5-13/h20H,1-12H2. The number of hydrogen-bond acceptors (Lipinski definition) is 3. The van der Waals surface area contributed by atoms with E-state index in [1.165, 1.54) is 11.3 Å². The van der Waals surface area contributed by atoms with Crippen molar-refractivity contribution in [2.45, 2.75) is 38.3 Å². The topological polar surface area (TPSA) is 26.7 Å². The lowest BCUT2D eigenvalue weighted by Gasteiger charge is -2.43. The summed E-state index contributed by atoms with van der Waals surface area (Å²) in [5.74, 6) is 0. The first-order chi connectivity index (χ1) is 9.42. The van der Waals surface area contributed by atoms with Crippen molar-refractivity contribution in [1.82, 2.24) is 9.80 Å². The van der Waals surface area contributed by atoms with Crippen molar-refractivity contribution in [2.75, 3.05) is 45.9 Å². The van der Waals surface area contributed by atoms with Crippen LogP contribution in [0.3, 0.4) is 0 Å². The molecule has 6 heteroatoms. The molecule has 118 valence electrons. The number of rotatable bonds is 4. The Kier molecular flexibility index (Phi) is 5.31. The summed E-state index contributed by atoms with van der Waals surface area (Å²) in [7, 11) is 0. The van der Waals surface area contributed by atoms with Crippen molar-refractivity contribution in [2.24, 2.45) is 5.41 Å². The van der Waals surface area contributed by atoms with Crippen molar-refractivity contribution >= 4 is 0 Å². The van der Waals surface area contributed by atoms with Crippen LogP contribution in [0.15, 0.2) is 0 Å². The zero-order valence-corrected chi connectivity index (χ0v) is 12.0. The average molecular weight is 294 g/mol. The molecule has 0 aromatic heterocycles. The number of halogens is 3. The third-order valence-corrected chi connectivity index (χ3v) is 4.68. The average Bonchev–Trinajstić information content (AvgIpc) is 2.40. The minimum atomic E-state index is -4.10. The van der Waals surface area contributed by atoms with Gasteiger partial charge in [-0.05, 0) is 12.8 Å². The lowest BCUT2D eigenvalue weighted by Crippen LogP contribution is -2.52. The van der Waals surface area contributed by atoms with Crippen molar-refractivity contribution in [3.05, 3.63) is 0 Å². The van der Waals surface area contributed by atoms with Crippen molar-refractivity contribution < 1.29 is 18.3 Å². The minimum absolute atomic E-state index is 0.00948. The molecule has 0 bridgehead atoms. The van der Waals surface area contributed by atoms with Gasteiger partial charge >= 0.3 is 6.18 Å². The van der Waals surface area contributed by atoms with Gasteiger partial charge in [0.2, 0.25) is 0 Å². The van der Waals surface area contributed by atoms with Gasteiger partial charge in [0.25, 0.3) is 0 Å². The fourth-order valence-electron chi connectivity index (χ4n) is 3.50. The molecule has 1 heterocycles. The number of piperazine rings is 1. The molecule has 1 saturated heterocycles. The predicted molar refractivity (Wildman–Crippen MR) is 71.5 cm³/mol. The first kappa shape index (κ1) is 16.0. The second kappa shape index (κ2) is 6.62. The van der Waals surface area contributed by atoms with Crippen LogP contribution in [-0.2, 0) is 0 Å². The monoisotopic (exact) mass is 294 g/mol. The molecule has 0 amide bonds. The second-order valence-corrected chi connectivity index (χ2v) is 6.39. The number of nitrogens with zero attached hydrogens (tertiary/aromatic N) is 2. The molecule has 2 fully saturated rings. The second-order valence-electron chi connectivity index (χ2n) is 6.39. The molecule has 0 radical (unpaired) electrons. The van der Waals surface area contributed by atoms with Gasteiger partial charge in [0.15, 0.2) is 0 Å². The maximum absolute atomic E-state index is 12.3. The summed E-state index contributed by atoms with van der Waals surface area (Å²) in [5, 5.41) is 9.69. The highest BCUT2D eigenvalue weighted by Crippen LogP contribution is 2.36. The van der Waals surface area contributed by atoms with Crippen LogP contribution in [0, 0.1) is 5.41 Å². The lowest BCUT2D eigenvalue weighted by atomic mass is 9.74. The van der Waals surface area contributed by atoms with E-state index in [4.69, 9.17) is 0 Å². The first-order valence-corrected chi connectivity index (χ1v) is 7.55. The highest BCUT2D eigenvalue weighted by Gasteiger charge is 2.36. The molecule has 0 unspecified atom stereocenters. The highest BCUT2D eigenvalue weighted by atomic mass is 19.4. The smallest absolute Gasteiger partial charge is 0.396 e. The Bertz CT molecular complexity index is 295. The third-order valence-electron chi connectivity index (χ3n) is 4.68. The molecule has 1 aliphatic carbocycles. The quantitative estimate of drug-likeness (QED) is 0.860. The van der Waals surface area contributed by atoms with E-state index in [-0.39, 0.29) is 12.0 Å². The molecular formula is C14H25F3N2O. The molecule has 3 nitrogen and oxygen atoms in total. The van der Waals surface area contributed by atoms with Gasteiger partial charge in [-0.15, -0.1) is 0 Å². The molecule has 2 rings (SSSR count). The van der Waals surface area contributed by atoms with E-state index in [0.29, 0.717) is 26.2 Å². The lowest BCUT2D eigenvalue weighted by molar-refractivity contribution is -0.149. The molecule has 0 spiro atoms. The largest absolute Gasteiger partial charge is 0.401 e. The van der Waals surface area contributed by atoms with Crippen molar-refractivity contribution in [3.63, 3.8) is 0 Å². The summed E-state index contributed by atoms with van der Waals surface area (Å²) >= 11 is 0. The Morgan fingerprint density at radius 2 is 1.45 bits per heavy atom. The van der Waals surface area contributed by atoms with Gasteiger partial charge < -0.3 is 10.0 Å². The summed E-state index contributed by atoms with van der Waals surface area (Å²) in [5.41, 5.74) is -0.00948. The van der Waals surface area contributed by atoms with Gasteiger partial charge in [0.1, 0.15) is 0 Å². The van der Waals surface area contributed by atoms with E-state index in [1.807, 2.05) is 0 Å². The Morgan fingerprint density at radius 1 is 0.900 bits per heavy atom. The third kappa shape index (κ3) is 4.60. The zero-order chi connectivity index (χ0) is 14.6. The Labute approximate surface area is 118 Å². The van der Waals surface area contributed by atoms with Crippen LogP contribution >= 0.6 is 0 Å². The maximum Gasteiger partial charge on any atom is 0.401 e. The van der Waals surface area contributed by atoms with Crippen LogP contribution in [0.1, 0.15) is 32.1 Å². The van der Waals surface area contributed by atoms with E-state index >= 15 is 0 Å². The Hall–Kier alpha value is -0.330. The summed E-state index contributed by atoms with van der Waals surface area (Å²) < 4.78 is 37.0. The van der Waals surface area contributed by atoms with Gasteiger partial charge in [-0.25, -0.2) is 0 Å². The van der Waals surface area contributed by atoms with Crippen LogP contribution in [0.2, 0.25) is 0 Å². The number of hydrogen-bond donors (Lipinski definition) is 1. The van der Waals surface area contributed by atoms with E-state index in [9.17, 15) is 18.3 Å². The molecule has 1 saturated carbocycles. The number of aliphatic hydroxyl groups is 1. The van der Waals surface area contributed by atoms with Crippen LogP contribution < -0.4 is 0 Å². The molecule has 0 atom stereocenters. The van der Waals surface area contributed by atoms with Crippen LogP contribution in [0.5, 0.6) is 0 Å². The summed E-state index contributed by atoms with van der Waals surface area (Å²) in [6.45, 7) is 2.54. The van der Waals surface area contributed by atoms with Gasteiger partial charge in [-0.2, -0.15) is 13.2 Å². The van der Waals surface area contributed by atoms with Gasteiger partial charge in [0.05, 0.1) is 6.54 Å². The van der Waals surface area contributed by atoms with Gasteiger partial charge in [-0.3, -0.25) is 4.90 Å². The van der Waals surface area contributed by atoms with E-state index < -0.39 is 12.7 Å². The highest BCUT2D eigenvalue weighted by molar-refractivity contribution is 4.87. The molecule has 0 aromatic carbocycles. The summed E-state index contributed by atoms with van der Waals surface area (Å²) in [6.07, 6.45) is 1.56. The molecule has 1 N–H and O–H groups in total. The normalized spacial score (nSPS) is 25.8. The number of aliphatic hydroxyl groups excluding tert-OH is 1. The molecule has 2 aliphatic rings. The van der Waals surface area contributed by atoms with Crippen LogP contribution in [0.4, 0.5) is 13.2 Å². The van der Waals surface area contributed by atoms with E-state index in [1.54, 1.807) is 0 Å². The minimum Gasteiger partial charge on any atom is -0.396 e. The first-order valence-electron chi connectivity index (χ1n) is 7.55. The van der Waals surface area contributed by atoms with E-state index in [2.05, 4.69) is 4.90 Å². The van der Waals surface area contributed by atoms with Gasteiger partial charge in [-0.1, -0.05) is 19.3 Å². The molecule has 20 heavy (non-hydrogen) atoms. The van der Waals surface area contributed by atoms with Gasteiger partial charge in [0, 0.05) is 44.7 Å². The molecule has 0 aromatic rings. The predicted octanol–water partition coefficient (Wildman–Crippen LogP) is 2.11. The van der Waals surface area contributed by atoms with Crippen molar-refractivity contribution in [1.29, 1.82) is 0 Å². The Balaban J connectivity index is 1.78. The summed E-state index contributed by atoms with van der Waals surface area (Å²) in [6, 6.07) is 0. The molecular weight excluding hydrogens is 269 g/mol. The SMILES string of the molecule is OCC1(CN2CCN(CC(F)(F)F)CC2)CCCCC1. The molecule has 1 aliphatic heterocycles. The number of alkyl halides is 3. The zero-order valence-electron chi connectivity index (χ0n) is 12.0. The Morgan fingerprint density at radius 3 is 1.95 bits per heavy atom. The van der Waals surface area contributed by atoms with Crippen LogP contribution in [-0.4, -0.2) is 67.0 Å². The fourth-order valence-corrected chi connectivity index (χ4v) is 3.50. The van der Waals surface area contributed by atoms with Crippen LogP contribution in [0.25, 0.3) is 0 Å². The maximum atomic E-state index is 12.3. The van der Waals surface area contributed by atoms with E-state index in [0.717, 1.165) is 32.2 Å². The summed E-state index contributed by atoms with van der Waals surface area (Å²) in [4.78, 5) is 3.71.